The molecule has 6 aromatic carbocycles. The van der Waals surface area contributed by atoms with Gasteiger partial charge in [0.25, 0.3) is 0 Å². The molecule has 0 unspecified atom stereocenters. The van der Waals surface area contributed by atoms with Crippen molar-refractivity contribution in [2.24, 2.45) is 0 Å². The van der Waals surface area contributed by atoms with Gasteiger partial charge in [-0.05, 0) is 53.1 Å². The van der Waals surface area contributed by atoms with E-state index in [0.29, 0.717) is 6.61 Å². The molecule has 2 aliphatic heterocycles. The van der Waals surface area contributed by atoms with E-state index >= 15 is 0 Å². The quantitative estimate of drug-likeness (QED) is 0.0619. The fourth-order valence-electron chi connectivity index (χ4n) is 7.85. The van der Waals surface area contributed by atoms with Gasteiger partial charge in [-0.1, -0.05) is 146 Å². The number of hydrogen-bond donors (Lipinski definition) is 1. The van der Waals surface area contributed by atoms with Crippen LogP contribution < -0.4 is 0 Å². The van der Waals surface area contributed by atoms with Gasteiger partial charge >= 0.3 is 17.9 Å². The first kappa shape index (κ1) is 47.0. The second-order valence-electron chi connectivity index (χ2n) is 16.0. The van der Waals surface area contributed by atoms with Crippen LogP contribution in [0.1, 0.15) is 54.2 Å². The molecule has 2 aliphatic rings. The molecule has 2 heterocycles. The Hall–Kier alpha value is -6.55. The molecule has 0 aromatic heterocycles. The summed E-state index contributed by atoms with van der Waals surface area (Å²) >= 11 is 0. The van der Waals surface area contributed by atoms with Crippen molar-refractivity contribution in [3.05, 3.63) is 215 Å². The minimum atomic E-state index is -1.87. The Morgan fingerprint density at radius 1 is 0.433 bits per heavy atom. The standard InChI is InChI=1S/C54H52O13/c55-51(40-25-13-4-14-26-40)65-48-45(64-54(58)50(67-53(57)42-29-17-6-18-30-42)49(48)66-52(56)41-27-15-5-16-28-41)36-61-46-31-43(60-33-38-21-9-2-10-22-38)47(62-34-39-23-11-3-12-24-39)44(63-46)35-59-32-37-19-7-1-8-20-37/h1-30,43-50,54,58H,31-36H2/t43-,44-,45-,46-,47+,48-,49+,50-,54+/m1/s1. The Labute approximate surface area is 389 Å². The Morgan fingerprint density at radius 2 is 0.836 bits per heavy atom. The molecule has 0 aliphatic carbocycles. The second kappa shape index (κ2) is 23.8. The number of esters is 3. The van der Waals surface area contributed by atoms with E-state index in [1.54, 1.807) is 78.9 Å². The number of aliphatic hydroxyl groups is 1. The van der Waals surface area contributed by atoms with Gasteiger partial charge in [0, 0.05) is 6.42 Å². The molecular weight excluding hydrogens is 857 g/mol. The van der Waals surface area contributed by atoms with Crippen LogP contribution in [0, 0.1) is 0 Å². The smallest absolute Gasteiger partial charge is 0.338 e. The van der Waals surface area contributed by atoms with Crippen LogP contribution in [0.4, 0.5) is 0 Å². The third kappa shape index (κ3) is 13.1. The highest BCUT2D eigenvalue weighted by Gasteiger charge is 2.53. The molecule has 6 aromatic rings. The van der Waals surface area contributed by atoms with Crippen molar-refractivity contribution in [1.82, 2.24) is 0 Å². The lowest BCUT2D eigenvalue weighted by molar-refractivity contribution is -0.311. The van der Waals surface area contributed by atoms with Gasteiger partial charge in [0.15, 0.2) is 30.9 Å². The van der Waals surface area contributed by atoms with Crippen molar-refractivity contribution in [1.29, 1.82) is 0 Å². The highest BCUT2D eigenvalue weighted by atomic mass is 16.7. The third-order valence-corrected chi connectivity index (χ3v) is 11.3. The zero-order chi connectivity index (χ0) is 46.2. The first-order valence-electron chi connectivity index (χ1n) is 22.2. The van der Waals surface area contributed by atoms with E-state index in [2.05, 4.69) is 0 Å². The average molecular weight is 909 g/mol. The molecule has 2 saturated heterocycles. The minimum absolute atomic E-state index is 0.112. The van der Waals surface area contributed by atoms with E-state index in [-0.39, 0.29) is 49.5 Å². The second-order valence-corrected chi connectivity index (χ2v) is 16.0. The number of carbonyl (C=O) groups excluding carboxylic acids is 3. The molecule has 0 spiro atoms. The first-order valence-corrected chi connectivity index (χ1v) is 22.2. The maximum atomic E-state index is 13.9. The molecule has 0 amide bonds. The predicted molar refractivity (Wildman–Crippen MR) is 243 cm³/mol. The molecule has 9 atom stereocenters. The lowest BCUT2D eigenvalue weighted by Gasteiger charge is -2.44. The number of aliphatic hydroxyl groups excluding tert-OH is 1. The van der Waals surface area contributed by atoms with Gasteiger partial charge in [0.2, 0.25) is 0 Å². The summed E-state index contributed by atoms with van der Waals surface area (Å²) in [6.07, 6.45) is -10.5. The predicted octanol–water partition coefficient (Wildman–Crippen LogP) is 7.90. The third-order valence-electron chi connectivity index (χ3n) is 11.3. The number of rotatable bonds is 19. The Bertz CT molecular complexity index is 2430. The molecule has 0 bridgehead atoms. The Balaban J connectivity index is 1.07. The van der Waals surface area contributed by atoms with E-state index < -0.39 is 73.2 Å². The zero-order valence-corrected chi connectivity index (χ0v) is 36.6. The van der Waals surface area contributed by atoms with E-state index in [1.807, 2.05) is 91.0 Å². The summed E-state index contributed by atoms with van der Waals surface area (Å²) in [6.45, 7) is 0.623. The molecule has 2 fully saturated rings. The van der Waals surface area contributed by atoms with Crippen LogP contribution in [-0.2, 0) is 62.5 Å². The normalized spacial score (nSPS) is 23.7. The van der Waals surface area contributed by atoms with Crippen molar-refractivity contribution >= 4 is 17.9 Å². The number of carbonyl (C=O) groups is 3. The fraction of sp³-hybridized carbons (Fsp3) is 0.278. The maximum absolute atomic E-state index is 13.9. The van der Waals surface area contributed by atoms with Crippen LogP contribution in [0.15, 0.2) is 182 Å². The van der Waals surface area contributed by atoms with Gasteiger partial charge in [0.05, 0.1) is 55.8 Å². The summed E-state index contributed by atoms with van der Waals surface area (Å²) in [5, 5.41) is 11.7. The SMILES string of the molecule is O=C(O[C@@H]1[C@@H](OC(=O)c2ccccc2)[C@@H](O)O[C@H](CO[C@H]2C[C@@H](OCc3ccccc3)[C@H](OCc3ccccc3)[C@@H](COCc3ccccc3)O2)[C@H]1OC(=O)c1ccccc1)c1ccccc1. The highest BCUT2D eigenvalue weighted by molar-refractivity contribution is 5.91. The summed E-state index contributed by atoms with van der Waals surface area (Å²) in [5.74, 6) is -2.45. The summed E-state index contributed by atoms with van der Waals surface area (Å²) in [4.78, 5) is 41.2. The lowest BCUT2D eigenvalue weighted by atomic mass is 9.97. The van der Waals surface area contributed by atoms with Gasteiger partial charge in [0.1, 0.15) is 18.3 Å². The van der Waals surface area contributed by atoms with Crippen molar-refractivity contribution in [2.75, 3.05) is 13.2 Å². The first-order chi connectivity index (χ1) is 32.9. The van der Waals surface area contributed by atoms with Crippen molar-refractivity contribution in [3.8, 4) is 0 Å². The van der Waals surface area contributed by atoms with E-state index in [1.165, 1.54) is 12.1 Å². The lowest BCUT2D eigenvalue weighted by Crippen LogP contribution is -2.62. The van der Waals surface area contributed by atoms with Crippen LogP contribution in [0.2, 0.25) is 0 Å². The molecular formula is C54H52O13. The zero-order valence-electron chi connectivity index (χ0n) is 36.6. The van der Waals surface area contributed by atoms with Crippen LogP contribution in [0.5, 0.6) is 0 Å². The van der Waals surface area contributed by atoms with E-state index in [9.17, 15) is 19.5 Å². The van der Waals surface area contributed by atoms with Gasteiger partial charge in [-0.3, -0.25) is 0 Å². The van der Waals surface area contributed by atoms with Gasteiger partial charge < -0.3 is 47.7 Å². The van der Waals surface area contributed by atoms with E-state index in [4.69, 9.17) is 42.6 Å². The molecule has 13 heteroatoms. The van der Waals surface area contributed by atoms with Crippen LogP contribution >= 0.6 is 0 Å². The number of hydrogen-bond acceptors (Lipinski definition) is 13. The van der Waals surface area contributed by atoms with Crippen molar-refractivity contribution in [2.45, 2.75) is 81.5 Å². The van der Waals surface area contributed by atoms with Gasteiger partial charge in [-0.25, -0.2) is 14.4 Å². The number of ether oxygens (including phenoxy) is 9. The highest BCUT2D eigenvalue weighted by Crippen LogP contribution is 2.33. The summed E-state index contributed by atoms with van der Waals surface area (Å²) in [5.41, 5.74) is 3.41. The van der Waals surface area contributed by atoms with Crippen LogP contribution in [0.3, 0.4) is 0 Å². The maximum Gasteiger partial charge on any atom is 0.338 e. The average Bonchev–Trinajstić information content (AvgIpc) is 3.38. The fourth-order valence-corrected chi connectivity index (χ4v) is 7.85. The molecule has 0 saturated carbocycles. The summed E-state index contributed by atoms with van der Waals surface area (Å²) in [7, 11) is 0. The Morgan fingerprint density at radius 3 is 1.33 bits per heavy atom. The molecule has 13 nitrogen and oxygen atoms in total. The van der Waals surface area contributed by atoms with Crippen LogP contribution in [0.25, 0.3) is 0 Å². The van der Waals surface area contributed by atoms with Crippen LogP contribution in [-0.4, -0.2) is 91.5 Å². The molecule has 1 N–H and O–H groups in total. The molecule has 8 rings (SSSR count). The van der Waals surface area contributed by atoms with Crippen molar-refractivity contribution in [3.63, 3.8) is 0 Å². The summed E-state index contributed by atoms with van der Waals surface area (Å²) in [6, 6.07) is 53.8. The molecule has 0 radical (unpaired) electrons. The summed E-state index contributed by atoms with van der Waals surface area (Å²) < 4.78 is 56.8. The number of benzene rings is 6. The monoisotopic (exact) mass is 908 g/mol. The minimum Gasteiger partial charge on any atom is -0.452 e. The molecule has 67 heavy (non-hydrogen) atoms. The van der Waals surface area contributed by atoms with Gasteiger partial charge in [-0.2, -0.15) is 0 Å². The largest absolute Gasteiger partial charge is 0.452 e. The van der Waals surface area contributed by atoms with E-state index in [0.717, 1.165) is 16.7 Å². The van der Waals surface area contributed by atoms with Crippen molar-refractivity contribution < 1.29 is 62.1 Å². The Kier molecular flexibility index (Phi) is 16.7. The molecule has 346 valence electrons. The van der Waals surface area contributed by atoms with Gasteiger partial charge in [-0.15, -0.1) is 0 Å². The topological polar surface area (TPSA) is 155 Å².